The lowest BCUT2D eigenvalue weighted by molar-refractivity contribution is -0.127. The molecule has 0 aliphatic rings. The Morgan fingerprint density at radius 3 is 2.69 bits per heavy atom. The number of hydrazone groups is 1. The first kappa shape index (κ1) is 19.4. The van der Waals surface area contributed by atoms with Gasteiger partial charge in [0.2, 0.25) is 0 Å². The van der Waals surface area contributed by atoms with Gasteiger partial charge >= 0.3 is 0 Å². The van der Waals surface area contributed by atoms with Gasteiger partial charge in [-0.2, -0.15) is 5.10 Å². The predicted molar refractivity (Wildman–Crippen MR) is 102 cm³/mol. The Hall–Kier alpha value is -2.89. The standard InChI is InChI=1S/C20H25N3O3/c1-3-4-5-13-25-18-8-10-19(11-9-18)26-16(2)20(24)23-22-15-17-7-6-12-21-14-17/h6-12,14-16H,3-5,13H2,1-2H3,(H,23,24)/b22-15+. The van der Waals surface area contributed by atoms with Gasteiger partial charge in [0.1, 0.15) is 11.5 Å². The zero-order chi connectivity index (χ0) is 18.6. The van der Waals surface area contributed by atoms with Crippen LogP contribution >= 0.6 is 0 Å². The van der Waals surface area contributed by atoms with E-state index in [0.717, 1.165) is 24.2 Å². The van der Waals surface area contributed by atoms with E-state index in [1.54, 1.807) is 37.5 Å². The monoisotopic (exact) mass is 355 g/mol. The van der Waals surface area contributed by atoms with Crippen LogP contribution in [0.25, 0.3) is 0 Å². The van der Waals surface area contributed by atoms with Crippen LogP contribution in [0, 0.1) is 0 Å². The lowest BCUT2D eigenvalue weighted by atomic mass is 10.2. The summed E-state index contributed by atoms with van der Waals surface area (Å²) in [4.78, 5) is 16.0. The summed E-state index contributed by atoms with van der Waals surface area (Å²) in [7, 11) is 0. The molecule has 1 amide bonds. The summed E-state index contributed by atoms with van der Waals surface area (Å²) in [6, 6.07) is 10.9. The fourth-order valence-corrected chi connectivity index (χ4v) is 2.13. The smallest absolute Gasteiger partial charge is 0.280 e. The van der Waals surface area contributed by atoms with Crippen molar-refractivity contribution in [3.63, 3.8) is 0 Å². The first-order chi connectivity index (χ1) is 12.7. The number of pyridine rings is 1. The van der Waals surface area contributed by atoms with Crippen LogP contribution in [0.2, 0.25) is 0 Å². The number of amides is 1. The maximum Gasteiger partial charge on any atom is 0.280 e. The number of ether oxygens (including phenoxy) is 2. The van der Waals surface area contributed by atoms with Crippen molar-refractivity contribution in [3.05, 3.63) is 54.4 Å². The van der Waals surface area contributed by atoms with Crippen molar-refractivity contribution in [2.75, 3.05) is 6.61 Å². The SMILES string of the molecule is CCCCCOc1ccc(OC(C)C(=O)N/N=C/c2cccnc2)cc1. The van der Waals surface area contributed by atoms with E-state index >= 15 is 0 Å². The van der Waals surface area contributed by atoms with Crippen LogP contribution in [0.1, 0.15) is 38.7 Å². The number of benzene rings is 1. The molecule has 0 fully saturated rings. The molecule has 2 aromatic rings. The molecule has 6 nitrogen and oxygen atoms in total. The third-order valence-electron chi connectivity index (χ3n) is 3.60. The van der Waals surface area contributed by atoms with Crippen molar-refractivity contribution in [2.45, 2.75) is 39.2 Å². The average molecular weight is 355 g/mol. The molecule has 1 aromatic carbocycles. The Morgan fingerprint density at radius 1 is 1.23 bits per heavy atom. The van der Waals surface area contributed by atoms with E-state index in [4.69, 9.17) is 9.47 Å². The fourth-order valence-electron chi connectivity index (χ4n) is 2.13. The highest BCUT2D eigenvalue weighted by molar-refractivity contribution is 5.84. The number of rotatable bonds is 10. The number of carbonyl (C=O) groups is 1. The molecule has 26 heavy (non-hydrogen) atoms. The lowest BCUT2D eigenvalue weighted by Crippen LogP contribution is -2.33. The highest BCUT2D eigenvalue weighted by Gasteiger charge is 2.13. The second kappa shape index (κ2) is 10.9. The van der Waals surface area contributed by atoms with Gasteiger partial charge < -0.3 is 9.47 Å². The molecule has 1 atom stereocenters. The molecule has 0 aliphatic carbocycles. The summed E-state index contributed by atoms with van der Waals surface area (Å²) in [6.07, 6.45) is 7.57. The number of aromatic nitrogens is 1. The van der Waals surface area contributed by atoms with Crippen molar-refractivity contribution >= 4 is 12.1 Å². The maximum atomic E-state index is 12.0. The third kappa shape index (κ3) is 6.93. The van der Waals surface area contributed by atoms with Gasteiger partial charge in [0.25, 0.3) is 5.91 Å². The van der Waals surface area contributed by atoms with E-state index in [9.17, 15) is 4.79 Å². The van der Waals surface area contributed by atoms with E-state index in [2.05, 4.69) is 22.4 Å². The van der Waals surface area contributed by atoms with E-state index in [-0.39, 0.29) is 5.91 Å². The Morgan fingerprint density at radius 2 is 2.00 bits per heavy atom. The van der Waals surface area contributed by atoms with Crippen LogP contribution in [-0.4, -0.2) is 29.8 Å². The van der Waals surface area contributed by atoms with Crippen molar-refractivity contribution in [1.29, 1.82) is 0 Å². The molecule has 0 aliphatic heterocycles. The second-order valence-corrected chi connectivity index (χ2v) is 5.81. The molecular formula is C20H25N3O3. The molecule has 1 aromatic heterocycles. The number of carbonyl (C=O) groups excluding carboxylic acids is 1. The topological polar surface area (TPSA) is 72.8 Å². The summed E-state index contributed by atoms with van der Waals surface area (Å²) in [5.41, 5.74) is 3.26. The van der Waals surface area contributed by atoms with Crippen LogP contribution in [0.4, 0.5) is 0 Å². The van der Waals surface area contributed by atoms with Gasteiger partial charge in [0.15, 0.2) is 6.10 Å². The number of nitrogens with one attached hydrogen (secondary N) is 1. The summed E-state index contributed by atoms with van der Waals surface area (Å²) < 4.78 is 11.3. The molecule has 1 heterocycles. The van der Waals surface area contributed by atoms with Crippen molar-refractivity contribution in [3.8, 4) is 11.5 Å². The summed E-state index contributed by atoms with van der Waals surface area (Å²) in [5.74, 6) is 1.07. The van der Waals surface area contributed by atoms with Crippen LogP contribution in [0.3, 0.4) is 0 Å². The Bertz CT molecular complexity index is 687. The van der Waals surface area contributed by atoms with Gasteiger partial charge in [-0.05, 0) is 43.7 Å². The van der Waals surface area contributed by atoms with E-state index in [1.165, 1.54) is 12.6 Å². The largest absolute Gasteiger partial charge is 0.494 e. The number of unbranched alkanes of at least 4 members (excludes halogenated alkanes) is 2. The fraction of sp³-hybridized carbons (Fsp3) is 0.350. The van der Waals surface area contributed by atoms with E-state index < -0.39 is 6.10 Å². The first-order valence-electron chi connectivity index (χ1n) is 8.81. The molecule has 138 valence electrons. The minimum atomic E-state index is -0.669. The first-order valence-corrected chi connectivity index (χ1v) is 8.81. The van der Waals surface area contributed by atoms with Crippen LogP contribution in [0.5, 0.6) is 11.5 Å². The summed E-state index contributed by atoms with van der Waals surface area (Å²) in [6.45, 7) is 4.54. The number of hydrogen-bond donors (Lipinski definition) is 1. The van der Waals surface area contributed by atoms with Gasteiger partial charge in [-0.3, -0.25) is 9.78 Å². The average Bonchev–Trinajstić information content (AvgIpc) is 2.67. The Balaban J connectivity index is 1.76. The Labute approximate surface area is 154 Å². The molecule has 0 saturated heterocycles. The van der Waals surface area contributed by atoms with Gasteiger partial charge in [-0.1, -0.05) is 25.8 Å². The van der Waals surface area contributed by atoms with E-state index in [0.29, 0.717) is 12.4 Å². The maximum absolute atomic E-state index is 12.0. The third-order valence-corrected chi connectivity index (χ3v) is 3.60. The summed E-state index contributed by atoms with van der Waals surface area (Å²) >= 11 is 0. The van der Waals surface area contributed by atoms with Crippen molar-refractivity contribution in [1.82, 2.24) is 10.4 Å². The van der Waals surface area contributed by atoms with Crippen LogP contribution < -0.4 is 14.9 Å². The van der Waals surface area contributed by atoms with Gasteiger partial charge in [0.05, 0.1) is 12.8 Å². The normalized spacial score (nSPS) is 11.9. The van der Waals surface area contributed by atoms with Crippen LogP contribution in [0.15, 0.2) is 53.9 Å². The molecule has 2 rings (SSSR count). The molecule has 1 N–H and O–H groups in total. The minimum absolute atomic E-state index is 0.329. The van der Waals surface area contributed by atoms with Crippen molar-refractivity contribution in [2.24, 2.45) is 5.10 Å². The minimum Gasteiger partial charge on any atom is -0.494 e. The molecule has 1 unspecified atom stereocenters. The molecule has 6 heteroatoms. The van der Waals surface area contributed by atoms with Gasteiger partial charge in [0, 0.05) is 18.0 Å². The lowest BCUT2D eigenvalue weighted by Gasteiger charge is -2.13. The highest BCUT2D eigenvalue weighted by atomic mass is 16.5. The number of hydrogen-bond acceptors (Lipinski definition) is 5. The Kier molecular flexibility index (Phi) is 8.12. The zero-order valence-corrected chi connectivity index (χ0v) is 15.2. The van der Waals surface area contributed by atoms with Gasteiger partial charge in [-0.25, -0.2) is 5.43 Å². The van der Waals surface area contributed by atoms with E-state index in [1.807, 2.05) is 18.2 Å². The molecular weight excluding hydrogens is 330 g/mol. The van der Waals surface area contributed by atoms with Gasteiger partial charge in [-0.15, -0.1) is 0 Å². The molecule has 0 radical (unpaired) electrons. The highest BCUT2D eigenvalue weighted by Crippen LogP contribution is 2.19. The second-order valence-electron chi connectivity index (χ2n) is 5.81. The number of nitrogens with zero attached hydrogens (tertiary/aromatic N) is 2. The molecule has 0 bridgehead atoms. The summed E-state index contributed by atoms with van der Waals surface area (Å²) in [5, 5.41) is 3.90. The molecule has 0 saturated carbocycles. The molecule has 0 spiro atoms. The predicted octanol–water partition coefficient (Wildman–Crippen LogP) is 3.57. The van der Waals surface area contributed by atoms with Crippen LogP contribution in [-0.2, 0) is 4.79 Å². The van der Waals surface area contributed by atoms with Crippen molar-refractivity contribution < 1.29 is 14.3 Å². The zero-order valence-electron chi connectivity index (χ0n) is 15.2. The quantitative estimate of drug-likeness (QED) is 0.402.